The van der Waals surface area contributed by atoms with Gasteiger partial charge in [0.1, 0.15) is 0 Å². The molecule has 2 aromatic carbocycles. The lowest BCUT2D eigenvalue weighted by Crippen LogP contribution is -2.43. The molecule has 31 heavy (non-hydrogen) atoms. The Labute approximate surface area is 210 Å². The lowest BCUT2D eigenvalue weighted by molar-refractivity contribution is 0.391. The number of nitrogens with one attached hydrogen (secondary N) is 2. The molecule has 2 unspecified atom stereocenters. The van der Waals surface area contributed by atoms with Gasteiger partial charge in [0.05, 0.1) is 10.5 Å². The highest BCUT2D eigenvalue weighted by atomic mass is 35.5. The molecule has 0 aromatic heterocycles. The SMILES string of the molecule is CCNC(C)(C)C(SSSC(c1ccc(Cl)cc1)C(C)(C)NCC)c1ccc(Cl)cc1. The molecule has 0 aliphatic heterocycles. The van der Waals surface area contributed by atoms with E-state index in [2.05, 4.69) is 76.4 Å². The Hall–Kier alpha value is -0.0100. The molecule has 2 atom stereocenters. The summed E-state index contributed by atoms with van der Waals surface area (Å²) in [5, 5.41) is 9.40. The van der Waals surface area contributed by atoms with Crippen LogP contribution in [0.4, 0.5) is 0 Å². The molecule has 0 amide bonds. The summed E-state index contributed by atoms with van der Waals surface area (Å²) in [6.45, 7) is 15.2. The van der Waals surface area contributed by atoms with Crippen molar-refractivity contribution < 1.29 is 0 Å². The van der Waals surface area contributed by atoms with Gasteiger partial charge in [0.25, 0.3) is 0 Å². The quantitative estimate of drug-likeness (QED) is 0.275. The van der Waals surface area contributed by atoms with Crippen molar-refractivity contribution in [2.75, 3.05) is 13.1 Å². The van der Waals surface area contributed by atoms with E-state index in [9.17, 15) is 0 Å². The molecule has 0 bridgehead atoms. The molecule has 2 aromatic rings. The van der Waals surface area contributed by atoms with Crippen molar-refractivity contribution in [3.05, 3.63) is 69.7 Å². The number of hydrogen-bond donors (Lipinski definition) is 2. The highest BCUT2D eigenvalue weighted by molar-refractivity contribution is 9.09. The molecule has 0 saturated heterocycles. The van der Waals surface area contributed by atoms with Crippen molar-refractivity contribution in [3.8, 4) is 0 Å². The van der Waals surface area contributed by atoms with Gasteiger partial charge in [-0.3, -0.25) is 0 Å². The van der Waals surface area contributed by atoms with Crippen molar-refractivity contribution in [2.24, 2.45) is 0 Å². The Bertz CT molecular complexity index is 728. The molecule has 172 valence electrons. The van der Waals surface area contributed by atoms with Crippen LogP contribution in [0, 0.1) is 0 Å². The van der Waals surface area contributed by atoms with Crippen molar-refractivity contribution in [2.45, 2.75) is 63.1 Å². The van der Waals surface area contributed by atoms with Gasteiger partial charge in [-0.1, -0.05) is 82.9 Å². The van der Waals surface area contributed by atoms with Crippen molar-refractivity contribution in [1.29, 1.82) is 0 Å². The van der Waals surface area contributed by atoms with E-state index in [-0.39, 0.29) is 21.6 Å². The van der Waals surface area contributed by atoms with Gasteiger partial charge in [-0.15, -0.1) is 0 Å². The van der Waals surface area contributed by atoms with E-state index in [0.29, 0.717) is 0 Å². The van der Waals surface area contributed by atoms with Crippen molar-refractivity contribution in [3.63, 3.8) is 0 Å². The maximum absolute atomic E-state index is 6.15. The Balaban J connectivity index is 2.22. The van der Waals surface area contributed by atoms with E-state index in [1.54, 1.807) is 0 Å². The minimum absolute atomic E-state index is 0.0617. The Morgan fingerprint density at radius 1 is 0.677 bits per heavy atom. The van der Waals surface area contributed by atoms with E-state index < -0.39 is 0 Å². The number of benzene rings is 2. The first kappa shape index (κ1) is 27.2. The molecule has 0 saturated carbocycles. The molecule has 2 nitrogen and oxygen atoms in total. The van der Waals surface area contributed by atoms with Crippen LogP contribution in [0.1, 0.15) is 63.2 Å². The largest absolute Gasteiger partial charge is 0.311 e. The minimum Gasteiger partial charge on any atom is -0.311 e. The first-order chi connectivity index (χ1) is 14.6. The van der Waals surface area contributed by atoms with Gasteiger partial charge in [0, 0.05) is 21.1 Å². The van der Waals surface area contributed by atoms with E-state index in [1.165, 1.54) is 11.1 Å². The first-order valence-corrected chi connectivity index (χ1v) is 15.0. The summed E-state index contributed by atoms with van der Waals surface area (Å²) in [5.74, 6) is 0. The standard InChI is InChI=1S/C24H34Cl2N2S3/c1-7-27-23(3,4)21(17-9-13-19(25)14-10-17)29-31-30-22(24(5,6)28-8-2)18-11-15-20(26)16-12-18/h9-16,21-22,27-28H,7-8H2,1-6H3. The van der Waals surface area contributed by atoms with Crippen LogP contribution < -0.4 is 10.6 Å². The molecule has 0 aliphatic rings. The van der Waals surface area contributed by atoms with Crippen molar-refractivity contribution >= 4 is 54.6 Å². The summed E-state index contributed by atoms with van der Waals surface area (Å²) in [5.41, 5.74) is 2.44. The second-order valence-corrected chi connectivity index (χ2v) is 13.8. The van der Waals surface area contributed by atoms with Crippen LogP contribution in [0.5, 0.6) is 0 Å². The van der Waals surface area contributed by atoms with Crippen LogP contribution in [-0.4, -0.2) is 24.2 Å². The van der Waals surface area contributed by atoms with Gasteiger partial charge in [-0.05, 0) is 86.0 Å². The topological polar surface area (TPSA) is 24.1 Å². The highest BCUT2D eigenvalue weighted by Crippen LogP contribution is 2.55. The summed E-state index contributed by atoms with van der Waals surface area (Å²) in [7, 11) is 5.68. The van der Waals surface area contributed by atoms with Crippen LogP contribution in [-0.2, 0) is 0 Å². The molecule has 2 rings (SSSR count). The maximum Gasteiger partial charge on any atom is 0.0585 e. The summed E-state index contributed by atoms with van der Waals surface area (Å²) < 4.78 is 0. The normalized spacial score (nSPS) is 14.5. The van der Waals surface area contributed by atoms with E-state index in [4.69, 9.17) is 23.2 Å². The molecule has 0 aliphatic carbocycles. The fourth-order valence-corrected chi connectivity index (χ4v) is 9.84. The van der Waals surface area contributed by atoms with Gasteiger partial charge in [-0.25, -0.2) is 0 Å². The molecule has 0 fully saturated rings. The van der Waals surface area contributed by atoms with E-state index in [0.717, 1.165) is 23.1 Å². The average molecular weight is 518 g/mol. The van der Waals surface area contributed by atoms with Gasteiger partial charge in [-0.2, -0.15) is 0 Å². The van der Waals surface area contributed by atoms with Crippen LogP contribution >= 0.6 is 54.6 Å². The number of rotatable bonds is 12. The summed E-state index contributed by atoms with van der Waals surface area (Å²) in [6.07, 6.45) is 0. The average Bonchev–Trinajstić information content (AvgIpc) is 2.69. The first-order valence-electron chi connectivity index (χ1n) is 10.6. The van der Waals surface area contributed by atoms with E-state index >= 15 is 0 Å². The second-order valence-electron chi connectivity index (χ2n) is 8.63. The Kier molecular flexibility index (Phi) is 10.9. The van der Waals surface area contributed by atoms with Gasteiger partial charge in [0.2, 0.25) is 0 Å². The predicted octanol–water partition coefficient (Wildman–Crippen LogP) is 8.58. The van der Waals surface area contributed by atoms with Gasteiger partial charge >= 0.3 is 0 Å². The molecule has 7 heteroatoms. The zero-order chi connectivity index (χ0) is 23.1. The highest BCUT2D eigenvalue weighted by Gasteiger charge is 2.34. The lowest BCUT2D eigenvalue weighted by atomic mass is 9.94. The van der Waals surface area contributed by atoms with E-state index in [1.807, 2.05) is 55.7 Å². The van der Waals surface area contributed by atoms with Gasteiger partial charge in [0.15, 0.2) is 0 Å². The Morgan fingerprint density at radius 2 is 1.00 bits per heavy atom. The molecule has 2 N–H and O–H groups in total. The summed E-state index contributed by atoms with van der Waals surface area (Å²) >= 11 is 12.3. The number of hydrogen-bond acceptors (Lipinski definition) is 5. The third-order valence-corrected chi connectivity index (χ3v) is 11.0. The maximum atomic E-state index is 6.15. The molecular weight excluding hydrogens is 483 g/mol. The number of likely N-dealkylation sites (N-methyl/N-ethyl adjacent to an activating group) is 2. The van der Waals surface area contributed by atoms with Gasteiger partial charge < -0.3 is 10.6 Å². The minimum atomic E-state index is -0.0617. The second kappa shape index (κ2) is 12.5. The van der Waals surface area contributed by atoms with Crippen LogP contribution in [0.25, 0.3) is 0 Å². The Morgan fingerprint density at radius 3 is 1.29 bits per heavy atom. The number of halogens is 2. The molecule has 0 spiro atoms. The van der Waals surface area contributed by atoms with Crippen LogP contribution in [0.15, 0.2) is 48.5 Å². The zero-order valence-electron chi connectivity index (χ0n) is 19.2. The third-order valence-electron chi connectivity index (χ3n) is 5.19. The monoisotopic (exact) mass is 516 g/mol. The van der Waals surface area contributed by atoms with Crippen molar-refractivity contribution in [1.82, 2.24) is 10.6 Å². The summed E-state index contributed by atoms with van der Waals surface area (Å²) in [4.78, 5) is 0. The fraction of sp³-hybridized carbons (Fsp3) is 0.500. The lowest BCUT2D eigenvalue weighted by Gasteiger charge is -2.37. The molecule has 0 heterocycles. The van der Waals surface area contributed by atoms with Crippen LogP contribution in [0.3, 0.4) is 0 Å². The predicted molar refractivity (Wildman–Crippen MR) is 147 cm³/mol. The fourth-order valence-electron chi connectivity index (χ4n) is 3.66. The third kappa shape index (κ3) is 8.06. The smallest absolute Gasteiger partial charge is 0.0585 e. The summed E-state index contributed by atoms with van der Waals surface area (Å²) in [6, 6.07) is 16.5. The molecular formula is C24H34Cl2N2S3. The zero-order valence-corrected chi connectivity index (χ0v) is 23.1. The van der Waals surface area contributed by atoms with Crippen LogP contribution in [0.2, 0.25) is 10.0 Å². The molecule has 0 radical (unpaired) electrons.